The Balaban J connectivity index is 0.903. The van der Waals surface area contributed by atoms with E-state index in [1.54, 1.807) is 0 Å². The van der Waals surface area contributed by atoms with Gasteiger partial charge in [0, 0.05) is 33.4 Å². The molecule has 2 aromatic heterocycles. The van der Waals surface area contributed by atoms with E-state index in [0.717, 1.165) is 85.7 Å². The second-order valence-electron chi connectivity index (χ2n) is 15.3. The minimum Gasteiger partial charge on any atom is -0.228 e. The third-order valence-electron chi connectivity index (χ3n) is 12.3. The first kappa shape index (κ1) is 31.9. The van der Waals surface area contributed by atoms with Crippen LogP contribution in [0.25, 0.3) is 79.2 Å². The molecule has 11 rings (SSSR count). The minimum atomic E-state index is 0.642. The van der Waals surface area contributed by atoms with Crippen molar-refractivity contribution in [1.82, 2.24) is 24.9 Å². The van der Waals surface area contributed by atoms with Gasteiger partial charge in [-0.1, -0.05) is 158 Å². The molecule has 2 atom stereocenters. The Morgan fingerprint density at radius 1 is 0.327 bits per heavy atom. The van der Waals surface area contributed by atoms with Crippen LogP contribution in [0.1, 0.15) is 24.3 Å². The predicted octanol–water partition coefficient (Wildman–Crippen LogP) is 11.7. The molecule has 3 aliphatic rings. The maximum absolute atomic E-state index is 5.20. The highest BCUT2D eigenvalue weighted by molar-refractivity contribution is 5.75. The average molecular weight is 708 g/mol. The molecule has 6 aromatic carbocycles. The van der Waals surface area contributed by atoms with Crippen LogP contribution in [0.15, 0.2) is 170 Å². The normalized spacial score (nSPS) is 20.4. The summed E-state index contributed by atoms with van der Waals surface area (Å²) in [6, 6.07) is 58.9. The fourth-order valence-electron chi connectivity index (χ4n) is 9.43. The van der Waals surface area contributed by atoms with Gasteiger partial charge in [0.15, 0.2) is 23.3 Å². The molecule has 0 amide bonds. The summed E-state index contributed by atoms with van der Waals surface area (Å²) in [4.78, 5) is 24.9. The molecular formula is C50H37N5. The van der Waals surface area contributed by atoms with E-state index in [4.69, 9.17) is 24.9 Å². The third kappa shape index (κ3) is 5.66. The molecule has 5 nitrogen and oxygen atoms in total. The van der Waals surface area contributed by atoms with E-state index in [0.29, 0.717) is 17.5 Å². The fourth-order valence-corrected chi connectivity index (χ4v) is 9.43. The van der Waals surface area contributed by atoms with Gasteiger partial charge in [0.1, 0.15) is 0 Å². The zero-order chi connectivity index (χ0) is 36.3. The molecule has 0 N–H and O–H groups in total. The lowest BCUT2D eigenvalue weighted by atomic mass is 9.31. The average Bonchev–Trinajstić information content (AvgIpc) is 3.27. The van der Waals surface area contributed by atoms with Crippen molar-refractivity contribution in [3.8, 4) is 79.2 Å². The highest BCUT2D eigenvalue weighted by Crippen LogP contribution is 2.75. The summed E-state index contributed by atoms with van der Waals surface area (Å²) in [5.41, 5.74) is 11.7. The van der Waals surface area contributed by atoms with Crippen molar-refractivity contribution in [1.29, 1.82) is 0 Å². The van der Waals surface area contributed by atoms with Crippen molar-refractivity contribution in [3.63, 3.8) is 0 Å². The van der Waals surface area contributed by atoms with E-state index in [2.05, 4.69) is 103 Å². The molecule has 8 aromatic rings. The largest absolute Gasteiger partial charge is 0.228 e. The smallest absolute Gasteiger partial charge is 0.164 e. The summed E-state index contributed by atoms with van der Waals surface area (Å²) in [5, 5.41) is 0. The molecule has 0 spiro atoms. The van der Waals surface area contributed by atoms with Crippen molar-refractivity contribution in [2.45, 2.75) is 18.8 Å². The van der Waals surface area contributed by atoms with Crippen LogP contribution in [0, 0.1) is 23.7 Å². The molecule has 0 saturated heterocycles. The number of rotatable bonds is 8. The number of benzene rings is 6. The molecule has 2 heterocycles. The topological polar surface area (TPSA) is 64.5 Å². The molecule has 3 aliphatic carbocycles. The van der Waals surface area contributed by atoms with Gasteiger partial charge in [-0.3, -0.25) is 0 Å². The molecular weight excluding hydrogens is 671 g/mol. The van der Waals surface area contributed by atoms with Crippen molar-refractivity contribution >= 4 is 0 Å². The minimum absolute atomic E-state index is 0.642. The summed E-state index contributed by atoms with van der Waals surface area (Å²) in [7, 11) is 0. The van der Waals surface area contributed by atoms with Gasteiger partial charge < -0.3 is 0 Å². The molecule has 2 unspecified atom stereocenters. The Morgan fingerprint density at radius 3 is 1.20 bits per heavy atom. The summed E-state index contributed by atoms with van der Waals surface area (Å²) in [6.45, 7) is 0. The molecule has 262 valence electrons. The Morgan fingerprint density at radius 2 is 0.727 bits per heavy atom. The van der Waals surface area contributed by atoms with Gasteiger partial charge >= 0.3 is 0 Å². The van der Waals surface area contributed by atoms with Crippen molar-refractivity contribution in [2.24, 2.45) is 23.7 Å². The van der Waals surface area contributed by atoms with E-state index in [1.807, 2.05) is 66.7 Å². The van der Waals surface area contributed by atoms with Gasteiger partial charge in [-0.25, -0.2) is 24.9 Å². The van der Waals surface area contributed by atoms with Gasteiger partial charge in [-0.2, -0.15) is 0 Å². The summed E-state index contributed by atoms with van der Waals surface area (Å²) >= 11 is 0. The first-order valence-corrected chi connectivity index (χ1v) is 19.3. The first-order chi connectivity index (χ1) is 27.2. The van der Waals surface area contributed by atoms with Gasteiger partial charge in [-0.05, 0) is 71.3 Å². The van der Waals surface area contributed by atoms with Crippen LogP contribution < -0.4 is 0 Å². The van der Waals surface area contributed by atoms with Gasteiger partial charge in [-0.15, -0.1) is 0 Å². The lowest BCUT2D eigenvalue weighted by Gasteiger charge is -2.73. The van der Waals surface area contributed by atoms with E-state index in [-0.39, 0.29) is 0 Å². The van der Waals surface area contributed by atoms with Crippen LogP contribution in [-0.2, 0) is 0 Å². The molecule has 0 radical (unpaired) electrons. The maximum Gasteiger partial charge on any atom is 0.164 e. The second-order valence-corrected chi connectivity index (χ2v) is 15.3. The zero-order valence-electron chi connectivity index (χ0n) is 30.2. The number of nitrogens with zero attached hydrogens (tertiary/aromatic N) is 5. The lowest BCUT2D eigenvalue weighted by Crippen LogP contribution is -2.65. The highest BCUT2D eigenvalue weighted by atomic mass is 15.0. The van der Waals surface area contributed by atoms with Crippen LogP contribution in [0.4, 0.5) is 0 Å². The molecule has 0 bridgehead atoms. The molecule has 3 saturated carbocycles. The van der Waals surface area contributed by atoms with Gasteiger partial charge in [0.2, 0.25) is 0 Å². The highest BCUT2D eigenvalue weighted by Gasteiger charge is 2.67. The van der Waals surface area contributed by atoms with Crippen molar-refractivity contribution in [2.75, 3.05) is 0 Å². The van der Waals surface area contributed by atoms with Crippen LogP contribution >= 0.6 is 0 Å². The Hall–Kier alpha value is -6.59. The molecule has 55 heavy (non-hydrogen) atoms. The van der Waals surface area contributed by atoms with Gasteiger partial charge in [0.05, 0.1) is 11.4 Å². The van der Waals surface area contributed by atoms with Crippen LogP contribution in [0.3, 0.4) is 0 Å². The molecule has 3 fully saturated rings. The monoisotopic (exact) mass is 707 g/mol. The lowest BCUT2D eigenvalue weighted by molar-refractivity contribution is -0.214. The Kier molecular flexibility index (Phi) is 7.58. The number of hydrogen-bond acceptors (Lipinski definition) is 5. The quantitative estimate of drug-likeness (QED) is 0.157. The van der Waals surface area contributed by atoms with Crippen molar-refractivity contribution in [3.05, 3.63) is 175 Å². The van der Waals surface area contributed by atoms with Crippen LogP contribution in [0.5, 0.6) is 0 Å². The van der Waals surface area contributed by atoms with Crippen molar-refractivity contribution < 1.29 is 0 Å². The van der Waals surface area contributed by atoms with Gasteiger partial charge in [0.25, 0.3) is 0 Å². The first-order valence-electron chi connectivity index (χ1n) is 19.3. The van der Waals surface area contributed by atoms with E-state index in [1.165, 1.54) is 24.0 Å². The van der Waals surface area contributed by atoms with E-state index >= 15 is 0 Å². The van der Waals surface area contributed by atoms with Crippen LogP contribution in [-0.4, -0.2) is 24.9 Å². The fraction of sp³-hybridized carbons (Fsp3) is 0.140. The summed E-state index contributed by atoms with van der Waals surface area (Å²) in [6.07, 6.45) is 2.85. The predicted molar refractivity (Wildman–Crippen MR) is 219 cm³/mol. The SMILES string of the molecule is c1ccc(-c2cc(-c3cccc(C4C5CC6CC4C65)c3)nc(-c3ccc(-c4ccc(-c5nc(-c6ccccc6)nc(-c6ccccc6)n5)cc4)cc3)n2)cc1. The standard InChI is InChI=1S/C50H37N5/c1-4-11-33(12-5-1)43-30-44(38-17-10-18-39(27-38)45-41-28-40-29-42(45)46(40)41)52-47(51-43)36-23-19-31(20-24-36)32-21-25-37(26-22-32)50-54-48(34-13-6-2-7-14-34)53-49(55-50)35-15-8-3-9-16-35/h1-27,30,40-42,45-46H,28-29H2. The Labute approximate surface area is 320 Å². The summed E-state index contributed by atoms with van der Waals surface area (Å²) < 4.78 is 0. The zero-order valence-corrected chi connectivity index (χ0v) is 30.2. The Bertz CT molecular complexity index is 2590. The molecule has 0 aliphatic heterocycles. The number of hydrogen-bond donors (Lipinski definition) is 0. The van der Waals surface area contributed by atoms with Crippen LogP contribution in [0.2, 0.25) is 0 Å². The molecule has 5 heteroatoms. The number of aromatic nitrogens is 5. The second kappa shape index (κ2) is 13.1. The van der Waals surface area contributed by atoms with E-state index < -0.39 is 0 Å². The van der Waals surface area contributed by atoms with E-state index in [9.17, 15) is 0 Å². The third-order valence-corrected chi connectivity index (χ3v) is 12.3. The summed E-state index contributed by atoms with van der Waals surface area (Å²) in [5.74, 6) is 7.25. The maximum atomic E-state index is 5.20.